The van der Waals surface area contributed by atoms with E-state index in [4.69, 9.17) is 0 Å². The predicted molar refractivity (Wildman–Crippen MR) is 104 cm³/mol. The molecule has 0 radical (unpaired) electrons. The first-order valence-corrected chi connectivity index (χ1v) is 8.80. The Balaban J connectivity index is 1.53. The number of aryl methyl sites for hydroxylation is 1. The third-order valence-corrected chi connectivity index (χ3v) is 3.92. The SMILES string of the molecule is CCNC(=NCc1ccc(F)cc1)NCCNc1ncnc2c1cnn2C. The fourth-order valence-electron chi connectivity index (χ4n) is 2.57. The summed E-state index contributed by atoms with van der Waals surface area (Å²) in [4.78, 5) is 13.0. The standard InChI is InChI=1S/C18H23FN8/c1-3-20-18(23-10-13-4-6-14(19)7-5-13)22-9-8-21-16-15-11-26-27(2)17(15)25-12-24-16/h4-7,11-12H,3,8-10H2,1-2H3,(H2,20,22,23)(H,21,24,25). The third-order valence-electron chi connectivity index (χ3n) is 3.92. The number of nitrogens with one attached hydrogen (secondary N) is 3. The lowest BCUT2D eigenvalue weighted by Gasteiger charge is -2.12. The fourth-order valence-corrected chi connectivity index (χ4v) is 2.57. The molecule has 0 aliphatic carbocycles. The number of guanidine groups is 1. The van der Waals surface area contributed by atoms with Gasteiger partial charge in [0.25, 0.3) is 0 Å². The Labute approximate surface area is 156 Å². The van der Waals surface area contributed by atoms with Crippen molar-refractivity contribution >= 4 is 22.8 Å². The van der Waals surface area contributed by atoms with Gasteiger partial charge < -0.3 is 16.0 Å². The number of halogens is 1. The van der Waals surface area contributed by atoms with Gasteiger partial charge in [0.1, 0.15) is 18.0 Å². The summed E-state index contributed by atoms with van der Waals surface area (Å²) in [6, 6.07) is 6.35. The van der Waals surface area contributed by atoms with Crippen molar-refractivity contribution in [1.82, 2.24) is 30.4 Å². The van der Waals surface area contributed by atoms with E-state index in [0.29, 0.717) is 25.6 Å². The van der Waals surface area contributed by atoms with E-state index in [-0.39, 0.29) is 5.82 Å². The van der Waals surface area contributed by atoms with Crippen molar-refractivity contribution in [2.75, 3.05) is 25.0 Å². The topological polar surface area (TPSA) is 92.1 Å². The van der Waals surface area contributed by atoms with Crippen molar-refractivity contribution in [3.05, 3.63) is 48.2 Å². The second kappa shape index (κ2) is 8.93. The van der Waals surface area contributed by atoms with E-state index >= 15 is 0 Å². The Kier molecular flexibility index (Phi) is 6.14. The zero-order valence-electron chi connectivity index (χ0n) is 15.4. The third kappa shape index (κ3) is 4.90. The minimum atomic E-state index is -0.244. The summed E-state index contributed by atoms with van der Waals surface area (Å²) in [5.74, 6) is 1.22. The molecule has 9 heteroatoms. The quantitative estimate of drug-likeness (QED) is 0.333. The molecule has 2 heterocycles. The van der Waals surface area contributed by atoms with Gasteiger partial charge in [-0.1, -0.05) is 12.1 Å². The van der Waals surface area contributed by atoms with Crippen LogP contribution in [-0.2, 0) is 13.6 Å². The van der Waals surface area contributed by atoms with Gasteiger partial charge in [0, 0.05) is 26.7 Å². The van der Waals surface area contributed by atoms with E-state index in [1.54, 1.807) is 23.0 Å². The molecule has 0 spiro atoms. The first-order chi connectivity index (χ1) is 13.2. The van der Waals surface area contributed by atoms with Crippen LogP contribution in [0.15, 0.2) is 41.8 Å². The maximum Gasteiger partial charge on any atom is 0.191 e. The molecule has 8 nitrogen and oxygen atoms in total. The van der Waals surface area contributed by atoms with Crippen LogP contribution in [-0.4, -0.2) is 45.3 Å². The average molecular weight is 370 g/mol. The van der Waals surface area contributed by atoms with Gasteiger partial charge in [-0.2, -0.15) is 5.10 Å². The number of hydrogen-bond donors (Lipinski definition) is 3. The first-order valence-electron chi connectivity index (χ1n) is 8.80. The minimum absolute atomic E-state index is 0.244. The summed E-state index contributed by atoms with van der Waals surface area (Å²) in [7, 11) is 1.85. The van der Waals surface area contributed by atoms with Crippen LogP contribution in [0.3, 0.4) is 0 Å². The zero-order chi connectivity index (χ0) is 19.1. The molecule has 0 aliphatic rings. The Hall–Kier alpha value is -3.23. The highest BCUT2D eigenvalue weighted by atomic mass is 19.1. The molecule has 142 valence electrons. The molecular formula is C18H23FN8. The van der Waals surface area contributed by atoms with Crippen LogP contribution < -0.4 is 16.0 Å². The highest BCUT2D eigenvalue weighted by Crippen LogP contribution is 2.17. The Morgan fingerprint density at radius 2 is 1.96 bits per heavy atom. The van der Waals surface area contributed by atoms with Gasteiger partial charge in [0.2, 0.25) is 0 Å². The minimum Gasteiger partial charge on any atom is -0.368 e. The molecule has 0 unspecified atom stereocenters. The number of aromatic nitrogens is 4. The highest BCUT2D eigenvalue weighted by molar-refractivity contribution is 5.86. The van der Waals surface area contributed by atoms with Gasteiger partial charge in [-0.3, -0.25) is 4.68 Å². The summed E-state index contributed by atoms with van der Waals surface area (Å²) in [6.45, 7) is 4.55. The number of nitrogens with zero attached hydrogens (tertiary/aromatic N) is 5. The van der Waals surface area contributed by atoms with Crippen molar-refractivity contribution < 1.29 is 4.39 Å². The number of rotatable bonds is 7. The molecule has 0 saturated heterocycles. The molecule has 3 aromatic rings. The summed E-state index contributed by atoms with van der Waals surface area (Å²) < 4.78 is 14.7. The molecule has 0 amide bonds. The van der Waals surface area contributed by atoms with E-state index < -0.39 is 0 Å². The Morgan fingerprint density at radius 1 is 1.15 bits per heavy atom. The fraction of sp³-hybridized carbons (Fsp3) is 0.333. The van der Waals surface area contributed by atoms with Gasteiger partial charge in [-0.05, 0) is 24.6 Å². The van der Waals surface area contributed by atoms with E-state index in [1.165, 1.54) is 18.5 Å². The lowest BCUT2D eigenvalue weighted by atomic mass is 10.2. The average Bonchev–Trinajstić information content (AvgIpc) is 3.06. The first kappa shape index (κ1) is 18.6. The van der Waals surface area contributed by atoms with E-state index in [1.807, 2.05) is 14.0 Å². The molecule has 0 aliphatic heterocycles. The molecular weight excluding hydrogens is 347 g/mol. The van der Waals surface area contributed by atoms with Crippen molar-refractivity contribution in [3.63, 3.8) is 0 Å². The van der Waals surface area contributed by atoms with Crippen LogP contribution in [0.5, 0.6) is 0 Å². The molecule has 1 aromatic carbocycles. The van der Waals surface area contributed by atoms with Crippen LogP contribution in [0.2, 0.25) is 0 Å². The second-order valence-corrected chi connectivity index (χ2v) is 5.90. The number of fused-ring (bicyclic) bond motifs is 1. The van der Waals surface area contributed by atoms with Crippen molar-refractivity contribution in [3.8, 4) is 0 Å². The highest BCUT2D eigenvalue weighted by Gasteiger charge is 2.07. The van der Waals surface area contributed by atoms with Gasteiger partial charge >= 0.3 is 0 Å². The number of anilines is 1. The predicted octanol–water partition coefficient (Wildman–Crippen LogP) is 1.67. The summed E-state index contributed by atoms with van der Waals surface area (Å²) in [5, 5.41) is 14.8. The lowest BCUT2D eigenvalue weighted by Crippen LogP contribution is -2.39. The Morgan fingerprint density at radius 3 is 2.74 bits per heavy atom. The largest absolute Gasteiger partial charge is 0.368 e. The van der Waals surface area contributed by atoms with Gasteiger partial charge in [0.15, 0.2) is 11.6 Å². The summed E-state index contributed by atoms with van der Waals surface area (Å²) in [6.07, 6.45) is 3.27. The van der Waals surface area contributed by atoms with Crippen LogP contribution >= 0.6 is 0 Å². The number of aliphatic imine (C=N–C) groups is 1. The van der Waals surface area contributed by atoms with E-state index in [0.717, 1.165) is 29.0 Å². The molecule has 27 heavy (non-hydrogen) atoms. The Bertz CT molecular complexity index is 903. The van der Waals surface area contributed by atoms with Gasteiger partial charge in [0.05, 0.1) is 18.1 Å². The normalized spacial score (nSPS) is 11.6. The zero-order valence-corrected chi connectivity index (χ0v) is 15.4. The van der Waals surface area contributed by atoms with E-state index in [9.17, 15) is 4.39 Å². The monoisotopic (exact) mass is 370 g/mol. The van der Waals surface area contributed by atoms with Crippen LogP contribution in [0.1, 0.15) is 12.5 Å². The van der Waals surface area contributed by atoms with Gasteiger partial charge in [-0.25, -0.2) is 19.4 Å². The maximum absolute atomic E-state index is 13.0. The maximum atomic E-state index is 13.0. The lowest BCUT2D eigenvalue weighted by molar-refractivity contribution is 0.627. The smallest absolute Gasteiger partial charge is 0.191 e. The van der Waals surface area contributed by atoms with Crippen LogP contribution in [0, 0.1) is 5.82 Å². The number of benzene rings is 1. The molecule has 0 saturated carbocycles. The second-order valence-electron chi connectivity index (χ2n) is 5.90. The van der Waals surface area contributed by atoms with E-state index in [2.05, 4.69) is 36.0 Å². The van der Waals surface area contributed by atoms with Crippen LogP contribution in [0.4, 0.5) is 10.2 Å². The molecule has 0 atom stereocenters. The summed E-state index contributed by atoms with van der Waals surface area (Å²) in [5.41, 5.74) is 1.74. The molecule has 3 N–H and O–H groups in total. The number of hydrogen-bond acceptors (Lipinski definition) is 5. The van der Waals surface area contributed by atoms with Crippen LogP contribution in [0.25, 0.3) is 11.0 Å². The molecule has 3 rings (SSSR count). The van der Waals surface area contributed by atoms with Gasteiger partial charge in [-0.15, -0.1) is 0 Å². The molecule has 0 fully saturated rings. The van der Waals surface area contributed by atoms with Crippen molar-refractivity contribution in [2.45, 2.75) is 13.5 Å². The molecule has 2 aromatic heterocycles. The summed E-state index contributed by atoms with van der Waals surface area (Å²) >= 11 is 0. The molecule has 0 bridgehead atoms. The van der Waals surface area contributed by atoms with Crippen molar-refractivity contribution in [1.29, 1.82) is 0 Å². The van der Waals surface area contributed by atoms with Crippen molar-refractivity contribution in [2.24, 2.45) is 12.0 Å².